The normalized spacial score (nSPS) is 34.1. The van der Waals surface area contributed by atoms with Gasteiger partial charge in [0, 0.05) is 12.0 Å². The fourth-order valence-electron chi connectivity index (χ4n) is 5.25. The van der Waals surface area contributed by atoms with Crippen LogP contribution in [0.1, 0.15) is 72.1 Å². The highest BCUT2D eigenvalue weighted by atomic mass is 16.4. The smallest absolute Gasteiger partial charge is 0.331 e. The van der Waals surface area contributed by atoms with Crippen molar-refractivity contribution >= 4 is 11.9 Å². The lowest BCUT2D eigenvalue weighted by atomic mass is 9.51. The Labute approximate surface area is 145 Å². The summed E-state index contributed by atoms with van der Waals surface area (Å²) in [5.74, 6) is 0.282. The Balaban J connectivity index is 2.06. The molecular weight excluding hydrogens is 304 g/mol. The second kappa shape index (κ2) is 7.71. The quantitative estimate of drug-likeness (QED) is 0.704. The summed E-state index contributed by atoms with van der Waals surface area (Å²) in [7, 11) is 0. The molecule has 4 heteroatoms. The minimum Gasteiger partial charge on any atom is -0.481 e. The van der Waals surface area contributed by atoms with Crippen molar-refractivity contribution < 1.29 is 19.8 Å². The molecule has 0 aromatic heterocycles. The van der Waals surface area contributed by atoms with E-state index < -0.39 is 11.9 Å². The predicted octanol–water partition coefficient (Wildman–Crippen LogP) is 4.74. The summed E-state index contributed by atoms with van der Waals surface area (Å²) in [5, 5.41) is 18.4. The Hall–Kier alpha value is -1.32. The Bertz CT molecular complexity index is 510. The topological polar surface area (TPSA) is 74.6 Å². The van der Waals surface area contributed by atoms with Gasteiger partial charge in [-0.05, 0) is 67.6 Å². The van der Waals surface area contributed by atoms with E-state index >= 15 is 0 Å². The maximum absolute atomic E-state index is 11.6. The van der Waals surface area contributed by atoms with Crippen molar-refractivity contribution in [2.75, 3.05) is 0 Å². The zero-order chi connectivity index (χ0) is 17.9. The van der Waals surface area contributed by atoms with Gasteiger partial charge in [-0.25, -0.2) is 4.79 Å². The van der Waals surface area contributed by atoms with E-state index in [4.69, 9.17) is 5.11 Å². The number of carbonyl (C=O) groups is 2. The zero-order valence-electron chi connectivity index (χ0n) is 15.3. The van der Waals surface area contributed by atoms with Crippen LogP contribution in [-0.4, -0.2) is 22.2 Å². The monoisotopic (exact) mass is 336 g/mol. The minimum absolute atomic E-state index is 0.0760. The molecule has 24 heavy (non-hydrogen) atoms. The number of hydrogen-bond acceptors (Lipinski definition) is 2. The number of rotatable bonds is 7. The number of fused-ring (bicyclic) bond motifs is 1. The molecule has 136 valence electrons. The van der Waals surface area contributed by atoms with Gasteiger partial charge in [-0.2, -0.15) is 0 Å². The molecule has 4 nitrogen and oxygen atoms in total. The number of aliphatic carboxylic acids is 2. The van der Waals surface area contributed by atoms with E-state index in [0.717, 1.165) is 44.9 Å². The minimum atomic E-state index is -0.742. The van der Waals surface area contributed by atoms with Crippen LogP contribution in [-0.2, 0) is 9.59 Å². The Kier molecular flexibility index (Phi) is 6.11. The van der Waals surface area contributed by atoms with Crippen molar-refractivity contribution in [3.8, 4) is 0 Å². The van der Waals surface area contributed by atoms with Crippen LogP contribution >= 0.6 is 0 Å². The molecule has 2 rings (SSSR count). The highest BCUT2D eigenvalue weighted by Crippen LogP contribution is 2.57. The van der Waals surface area contributed by atoms with Crippen molar-refractivity contribution in [3.63, 3.8) is 0 Å². The molecule has 5 unspecified atom stereocenters. The first-order valence-corrected chi connectivity index (χ1v) is 9.40. The molecular formula is C20H32O4. The van der Waals surface area contributed by atoms with Crippen molar-refractivity contribution in [2.45, 2.75) is 72.1 Å². The Morgan fingerprint density at radius 3 is 2.62 bits per heavy atom. The first kappa shape index (κ1) is 19.0. The zero-order valence-corrected chi connectivity index (χ0v) is 15.3. The summed E-state index contributed by atoms with van der Waals surface area (Å²) in [5.41, 5.74) is 0.715. The molecule has 0 saturated heterocycles. The van der Waals surface area contributed by atoms with Crippen LogP contribution in [0.25, 0.3) is 0 Å². The van der Waals surface area contributed by atoms with Gasteiger partial charge < -0.3 is 10.2 Å². The number of allylic oxidation sites excluding steroid dienone is 1. The lowest BCUT2D eigenvalue weighted by Gasteiger charge is -2.53. The van der Waals surface area contributed by atoms with Gasteiger partial charge in [-0.3, -0.25) is 4.79 Å². The van der Waals surface area contributed by atoms with E-state index in [1.807, 2.05) is 6.08 Å². The van der Waals surface area contributed by atoms with Crippen LogP contribution in [0.2, 0.25) is 0 Å². The van der Waals surface area contributed by atoms with Gasteiger partial charge in [0.1, 0.15) is 0 Å². The molecule has 2 N–H and O–H groups in total. The maximum atomic E-state index is 11.6. The number of carboxylic acids is 2. The summed E-state index contributed by atoms with van der Waals surface area (Å²) in [4.78, 5) is 22.4. The Morgan fingerprint density at radius 2 is 2.00 bits per heavy atom. The van der Waals surface area contributed by atoms with Crippen molar-refractivity contribution in [3.05, 3.63) is 11.6 Å². The molecule has 0 aromatic rings. The third kappa shape index (κ3) is 4.01. The molecule has 0 heterocycles. The summed E-state index contributed by atoms with van der Waals surface area (Å²) in [6, 6.07) is 0. The molecule has 0 amide bonds. The third-order valence-electron chi connectivity index (χ3n) is 6.73. The molecule has 0 radical (unpaired) electrons. The van der Waals surface area contributed by atoms with Crippen molar-refractivity contribution in [2.24, 2.45) is 29.1 Å². The van der Waals surface area contributed by atoms with Gasteiger partial charge in [0.15, 0.2) is 0 Å². The maximum Gasteiger partial charge on any atom is 0.331 e. The van der Waals surface area contributed by atoms with Crippen molar-refractivity contribution in [1.82, 2.24) is 0 Å². The predicted molar refractivity (Wildman–Crippen MR) is 93.7 cm³/mol. The fraction of sp³-hybridized carbons (Fsp3) is 0.800. The van der Waals surface area contributed by atoms with E-state index in [9.17, 15) is 14.7 Å². The largest absolute Gasteiger partial charge is 0.481 e. The summed E-state index contributed by atoms with van der Waals surface area (Å²) < 4.78 is 0. The highest BCUT2D eigenvalue weighted by Gasteiger charge is 2.49. The van der Waals surface area contributed by atoms with E-state index in [2.05, 4.69) is 20.8 Å². The van der Waals surface area contributed by atoms with Crippen LogP contribution in [0.15, 0.2) is 11.6 Å². The molecule has 2 aliphatic carbocycles. The van der Waals surface area contributed by atoms with E-state index in [1.54, 1.807) is 0 Å². The van der Waals surface area contributed by atoms with Crippen LogP contribution in [0.5, 0.6) is 0 Å². The van der Waals surface area contributed by atoms with Gasteiger partial charge in [0.25, 0.3) is 0 Å². The molecule has 0 aromatic carbocycles. The second-order valence-electron chi connectivity index (χ2n) is 8.34. The van der Waals surface area contributed by atoms with Gasteiger partial charge >= 0.3 is 11.9 Å². The standard InChI is InChI=1S/C20H32O4/c1-13(7-11-18(21)22)6-9-16-14(2)8-10-17-15(19(23)24)5-4-12-20(16,17)3/h5,13-14,16-17H,4,6-12H2,1-3H3,(H,21,22)(H,23,24). The van der Waals surface area contributed by atoms with Crippen LogP contribution in [0, 0.1) is 29.1 Å². The summed E-state index contributed by atoms with van der Waals surface area (Å²) in [6.45, 7) is 6.75. The summed E-state index contributed by atoms with van der Waals surface area (Å²) >= 11 is 0. The average Bonchev–Trinajstić information content (AvgIpc) is 2.50. The fourth-order valence-corrected chi connectivity index (χ4v) is 5.25. The molecule has 0 spiro atoms. The molecule has 0 aliphatic heterocycles. The highest BCUT2D eigenvalue weighted by molar-refractivity contribution is 5.87. The number of hydrogen-bond donors (Lipinski definition) is 2. The molecule has 1 saturated carbocycles. The second-order valence-corrected chi connectivity index (χ2v) is 8.34. The lowest BCUT2D eigenvalue weighted by molar-refractivity contribution is -0.137. The molecule has 5 atom stereocenters. The first-order valence-electron chi connectivity index (χ1n) is 9.40. The van der Waals surface area contributed by atoms with Gasteiger partial charge in [0.05, 0.1) is 0 Å². The van der Waals surface area contributed by atoms with Gasteiger partial charge in [-0.15, -0.1) is 0 Å². The summed E-state index contributed by atoms with van der Waals surface area (Å²) in [6.07, 6.45) is 9.07. The molecule has 0 bridgehead atoms. The van der Waals surface area contributed by atoms with Gasteiger partial charge in [0.2, 0.25) is 0 Å². The van der Waals surface area contributed by atoms with Crippen molar-refractivity contribution in [1.29, 1.82) is 0 Å². The van der Waals surface area contributed by atoms with E-state index in [0.29, 0.717) is 23.3 Å². The van der Waals surface area contributed by atoms with Gasteiger partial charge in [-0.1, -0.05) is 33.3 Å². The van der Waals surface area contributed by atoms with Crippen LogP contribution in [0.4, 0.5) is 0 Å². The average molecular weight is 336 g/mol. The number of carboxylic acid groups (broad SMARTS) is 2. The SMILES string of the molecule is CC(CCC(=O)O)CCC1C(C)CCC2C(C(=O)O)=CCCC21C. The Morgan fingerprint density at radius 1 is 1.29 bits per heavy atom. The molecule has 1 fully saturated rings. The van der Waals surface area contributed by atoms with E-state index in [1.165, 1.54) is 0 Å². The first-order chi connectivity index (χ1) is 11.3. The lowest BCUT2D eigenvalue weighted by Crippen LogP contribution is -2.46. The van der Waals surface area contributed by atoms with Crippen LogP contribution < -0.4 is 0 Å². The molecule has 2 aliphatic rings. The van der Waals surface area contributed by atoms with E-state index in [-0.39, 0.29) is 17.8 Å². The third-order valence-corrected chi connectivity index (χ3v) is 6.73. The van der Waals surface area contributed by atoms with Crippen LogP contribution in [0.3, 0.4) is 0 Å².